The van der Waals surface area contributed by atoms with Gasteiger partial charge in [-0.05, 0) is 24.6 Å². The van der Waals surface area contributed by atoms with Crippen molar-refractivity contribution in [3.63, 3.8) is 0 Å². The van der Waals surface area contributed by atoms with Crippen LogP contribution in [0.5, 0.6) is 0 Å². The third-order valence-electron chi connectivity index (χ3n) is 3.77. The van der Waals surface area contributed by atoms with Crippen LogP contribution in [-0.2, 0) is 0 Å². The Morgan fingerprint density at radius 2 is 1.26 bits per heavy atom. The van der Waals surface area contributed by atoms with E-state index in [1.807, 2.05) is 60.7 Å². The molecule has 3 rings (SSSR count). The van der Waals surface area contributed by atoms with E-state index in [-0.39, 0.29) is 6.04 Å². The zero-order valence-corrected chi connectivity index (χ0v) is 13.7. The monoisotopic (exact) mass is 319 g/mol. The van der Waals surface area contributed by atoms with Gasteiger partial charge in [-0.1, -0.05) is 84.4 Å². The highest BCUT2D eigenvalue weighted by Crippen LogP contribution is 2.21. The molecule has 0 unspecified atom stereocenters. The largest absolute Gasteiger partial charge is 0.276 e. The Morgan fingerprint density at radius 3 is 1.87 bits per heavy atom. The first kappa shape index (κ1) is 15.5. The van der Waals surface area contributed by atoms with Crippen LogP contribution in [0.15, 0.2) is 89.9 Å². The summed E-state index contributed by atoms with van der Waals surface area (Å²) in [5.74, 6) is 0. The van der Waals surface area contributed by atoms with Crippen LogP contribution in [0.25, 0.3) is 0 Å². The second-order valence-electron chi connectivity index (χ2n) is 5.44. The average molecular weight is 320 g/mol. The molecule has 0 saturated carbocycles. The van der Waals surface area contributed by atoms with Gasteiger partial charge < -0.3 is 0 Å². The third kappa shape index (κ3) is 3.88. The summed E-state index contributed by atoms with van der Waals surface area (Å²) in [4.78, 5) is 4.99. The molecule has 0 N–H and O–H groups in total. The molecule has 114 valence electrons. The van der Waals surface area contributed by atoms with Crippen LogP contribution in [0.2, 0.25) is 5.02 Å². The molecule has 0 amide bonds. The molecule has 0 spiro atoms. The summed E-state index contributed by atoms with van der Waals surface area (Å²) in [7, 11) is 0. The molecule has 0 aliphatic rings. The predicted octanol–water partition coefficient (Wildman–Crippen LogP) is 5.94. The Kier molecular flexibility index (Phi) is 4.89. The molecule has 0 bridgehead atoms. The number of aliphatic imine (C=N–C) groups is 1. The third-order valence-corrected chi connectivity index (χ3v) is 4.02. The minimum absolute atomic E-state index is 0.0853. The molecule has 23 heavy (non-hydrogen) atoms. The second-order valence-corrected chi connectivity index (χ2v) is 5.87. The lowest BCUT2D eigenvalue weighted by atomic mass is 10.0. The van der Waals surface area contributed by atoms with Crippen LogP contribution in [0.4, 0.5) is 0 Å². The molecule has 1 nitrogen and oxygen atoms in total. The van der Waals surface area contributed by atoms with Gasteiger partial charge in [0.1, 0.15) is 0 Å². The van der Waals surface area contributed by atoms with Crippen molar-refractivity contribution in [2.24, 2.45) is 4.99 Å². The van der Waals surface area contributed by atoms with Gasteiger partial charge in [-0.25, -0.2) is 0 Å². The van der Waals surface area contributed by atoms with Gasteiger partial charge in [0.25, 0.3) is 0 Å². The van der Waals surface area contributed by atoms with Gasteiger partial charge in [-0.15, -0.1) is 0 Å². The zero-order valence-electron chi connectivity index (χ0n) is 13.0. The first-order valence-electron chi connectivity index (χ1n) is 7.68. The molecule has 0 aliphatic carbocycles. The summed E-state index contributed by atoms with van der Waals surface area (Å²) >= 11 is 6.02. The van der Waals surface area contributed by atoms with E-state index >= 15 is 0 Å². The molecule has 3 aromatic rings. The summed E-state index contributed by atoms with van der Waals surface area (Å²) in [5.41, 5.74) is 4.37. The van der Waals surface area contributed by atoms with Crippen LogP contribution in [0.3, 0.4) is 0 Å². The van der Waals surface area contributed by atoms with Crippen LogP contribution < -0.4 is 0 Å². The summed E-state index contributed by atoms with van der Waals surface area (Å²) in [5, 5.41) is 0.734. The van der Waals surface area contributed by atoms with E-state index in [1.165, 1.54) is 5.56 Å². The van der Waals surface area contributed by atoms with Crippen molar-refractivity contribution in [2.75, 3.05) is 0 Å². The molecule has 2 heteroatoms. The lowest BCUT2D eigenvalue weighted by Crippen LogP contribution is -2.05. The fourth-order valence-corrected chi connectivity index (χ4v) is 2.65. The fourth-order valence-electron chi connectivity index (χ4n) is 2.52. The van der Waals surface area contributed by atoms with Crippen molar-refractivity contribution in [1.29, 1.82) is 0 Å². The van der Waals surface area contributed by atoms with Crippen molar-refractivity contribution in [3.8, 4) is 0 Å². The fraction of sp³-hybridized carbons (Fsp3) is 0.0952. The Hall–Kier alpha value is -2.38. The van der Waals surface area contributed by atoms with Crippen LogP contribution in [0, 0.1) is 0 Å². The van der Waals surface area contributed by atoms with E-state index in [1.54, 1.807) is 0 Å². The standard InChI is InChI=1S/C21H18ClN/c1-16(17-8-4-2-5-9-17)23-21(18-10-6-3-7-11-18)19-12-14-20(22)15-13-19/h2-16H,1H3/t16-/m0/s1. The summed E-state index contributed by atoms with van der Waals surface area (Å²) in [6, 6.07) is 28.5. The molecular formula is C21H18ClN. The van der Waals surface area contributed by atoms with E-state index in [4.69, 9.17) is 16.6 Å². The van der Waals surface area contributed by atoms with Crippen molar-refractivity contribution in [1.82, 2.24) is 0 Å². The van der Waals surface area contributed by atoms with E-state index in [0.717, 1.165) is 21.9 Å². The van der Waals surface area contributed by atoms with Crippen LogP contribution >= 0.6 is 11.6 Å². The highest BCUT2D eigenvalue weighted by atomic mass is 35.5. The first-order valence-corrected chi connectivity index (χ1v) is 8.06. The number of benzene rings is 3. The summed E-state index contributed by atoms with van der Waals surface area (Å²) < 4.78 is 0. The Morgan fingerprint density at radius 1 is 0.739 bits per heavy atom. The smallest absolute Gasteiger partial charge is 0.0728 e. The van der Waals surface area contributed by atoms with E-state index in [0.29, 0.717) is 0 Å². The number of hydrogen-bond acceptors (Lipinski definition) is 1. The Bertz CT molecular complexity index is 777. The molecule has 0 heterocycles. The zero-order chi connectivity index (χ0) is 16.1. The van der Waals surface area contributed by atoms with E-state index in [2.05, 4.69) is 31.2 Å². The van der Waals surface area contributed by atoms with Crippen molar-refractivity contribution in [2.45, 2.75) is 13.0 Å². The molecule has 0 aliphatic heterocycles. The van der Waals surface area contributed by atoms with Crippen LogP contribution in [0.1, 0.15) is 29.7 Å². The maximum Gasteiger partial charge on any atom is 0.0728 e. The highest BCUT2D eigenvalue weighted by Gasteiger charge is 2.10. The number of nitrogens with zero attached hydrogens (tertiary/aromatic N) is 1. The van der Waals surface area contributed by atoms with Crippen molar-refractivity contribution >= 4 is 17.3 Å². The summed E-state index contributed by atoms with van der Waals surface area (Å²) in [6.07, 6.45) is 0. The number of rotatable bonds is 4. The highest BCUT2D eigenvalue weighted by molar-refractivity contribution is 6.30. The van der Waals surface area contributed by atoms with Gasteiger partial charge in [0, 0.05) is 16.1 Å². The minimum atomic E-state index is 0.0853. The second kappa shape index (κ2) is 7.26. The predicted molar refractivity (Wildman–Crippen MR) is 98.4 cm³/mol. The van der Waals surface area contributed by atoms with E-state index in [9.17, 15) is 0 Å². The lowest BCUT2D eigenvalue weighted by Gasteiger charge is -2.13. The maximum atomic E-state index is 6.02. The van der Waals surface area contributed by atoms with Gasteiger partial charge in [0.05, 0.1) is 11.8 Å². The molecule has 0 aromatic heterocycles. The molecule has 0 fully saturated rings. The van der Waals surface area contributed by atoms with Gasteiger partial charge in [0.15, 0.2) is 0 Å². The van der Waals surface area contributed by atoms with Gasteiger partial charge in [-0.2, -0.15) is 0 Å². The normalized spacial score (nSPS) is 12.9. The van der Waals surface area contributed by atoms with Gasteiger partial charge in [-0.3, -0.25) is 4.99 Å². The first-order chi connectivity index (χ1) is 11.2. The SMILES string of the molecule is C[C@H](N=C(c1ccccc1)c1ccc(Cl)cc1)c1ccccc1. The van der Waals surface area contributed by atoms with Crippen LogP contribution in [-0.4, -0.2) is 5.71 Å². The molecule has 1 atom stereocenters. The average Bonchev–Trinajstić information content (AvgIpc) is 2.62. The molecule has 3 aromatic carbocycles. The molecule has 0 radical (unpaired) electrons. The number of hydrogen-bond donors (Lipinski definition) is 0. The Labute approximate surface area is 142 Å². The topological polar surface area (TPSA) is 12.4 Å². The summed E-state index contributed by atoms with van der Waals surface area (Å²) in [6.45, 7) is 2.12. The quantitative estimate of drug-likeness (QED) is 0.528. The van der Waals surface area contributed by atoms with Gasteiger partial charge >= 0.3 is 0 Å². The van der Waals surface area contributed by atoms with E-state index < -0.39 is 0 Å². The molecule has 0 saturated heterocycles. The maximum absolute atomic E-state index is 6.02. The van der Waals surface area contributed by atoms with Crippen molar-refractivity contribution in [3.05, 3.63) is 107 Å². The Balaban J connectivity index is 2.05. The van der Waals surface area contributed by atoms with Crippen molar-refractivity contribution < 1.29 is 0 Å². The van der Waals surface area contributed by atoms with Gasteiger partial charge in [0.2, 0.25) is 0 Å². The lowest BCUT2D eigenvalue weighted by molar-refractivity contribution is 0.821. The minimum Gasteiger partial charge on any atom is -0.276 e. The molecular weight excluding hydrogens is 302 g/mol. The number of halogens is 1.